The lowest BCUT2D eigenvalue weighted by Gasteiger charge is -2.37. The minimum absolute atomic E-state index is 0.0435. The lowest BCUT2D eigenvalue weighted by atomic mass is 9.86. The second-order valence-corrected chi connectivity index (χ2v) is 18.0. The van der Waals surface area contributed by atoms with Gasteiger partial charge in [-0.05, 0) is 119 Å². The molecule has 6 nitrogen and oxygen atoms in total. The molecule has 0 saturated carbocycles. The zero-order chi connectivity index (χ0) is 45.0. The molecule has 12 rings (SSSR count). The normalized spacial score (nSPS) is 13.8. The van der Waals surface area contributed by atoms with E-state index in [1.54, 1.807) is 0 Å². The Morgan fingerprint density at radius 3 is 1.30 bits per heavy atom. The van der Waals surface area contributed by atoms with E-state index >= 15 is 0 Å². The molecule has 6 heteroatoms. The van der Waals surface area contributed by atoms with Crippen LogP contribution in [0.3, 0.4) is 0 Å². The smallest absolute Gasteiger partial charge is 0.0982 e. The number of hydrogen-bond donors (Lipinski definition) is 0. The van der Waals surface area contributed by atoms with Crippen molar-refractivity contribution >= 4 is 61.6 Å². The molecule has 1 atom stereocenters. The second-order valence-electron chi connectivity index (χ2n) is 18.0. The number of para-hydroxylation sites is 4. The maximum Gasteiger partial charge on any atom is 0.0982 e. The molecular formula is C61H49N6-. The molecule has 2 heterocycles. The third-order valence-corrected chi connectivity index (χ3v) is 13.3. The predicted octanol–water partition coefficient (Wildman–Crippen LogP) is 17.0. The van der Waals surface area contributed by atoms with E-state index in [9.17, 15) is 0 Å². The predicted molar refractivity (Wildman–Crippen MR) is 279 cm³/mol. The van der Waals surface area contributed by atoms with Crippen molar-refractivity contribution in [2.24, 2.45) is 5.92 Å². The molecular weight excluding hydrogens is 817 g/mol. The van der Waals surface area contributed by atoms with Crippen LogP contribution in [-0.4, -0.2) is 21.5 Å². The van der Waals surface area contributed by atoms with Gasteiger partial charge in [0.15, 0.2) is 0 Å². The first-order valence-corrected chi connectivity index (χ1v) is 23.5. The van der Waals surface area contributed by atoms with Crippen LogP contribution >= 0.6 is 0 Å². The highest BCUT2D eigenvalue weighted by Gasteiger charge is 2.33. The van der Waals surface area contributed by atoms with Gasteiger partial charge >= 0.3 is 0 Å². The molecule has 1 unspecified atom stereocenters. The highest BCUT2D eigenvalue weighted by molar-refractivity contribution is 6.17. The van der Waals surface area contributed by atoms with Crippen molar-refractivity contribution in [3.05, 3.63) is 217 Å². The SMILES string of the molecule is CCC1c2c(c(-c3ccc(N(c4ccccc4)c4ccccc4)cc3)c3nc4c(nc3c2-c2ccc(N(c3ccccc3)c3ccccc3)cc2)-c2cccc3cccc-4c23)[N-]N1CC(C)C. The third-order valence-electron chi connectivity index (χ3n) is 13.3. The Balaban J connectivity index is 1.11. The summed E-state index contributed by atoms with van der Waals surface area (Å²) in [5.41, 5.74) is 24.5. The van der Waals surface area contributed by atoms with Crippen molar-refractivity contribution in [3.63, 3.8) is 0 Å². The van der Waals surface area contributed by atoms with Crippen molar-refractivity contribution < 1.29 is 0 Å². The molecule has 0 amide bonds. The molecule has 67 heavy (non-hydrogen) atoms. The molecule has 0 saturated heterocycles. The van der Waals surface area contributed by atoms with Crippen LogP contribution < -0.4 is 9.80 Å². The summed E-state index contributed by atoms with van der Waals surface area (Å²) in [5, 5.41) is 4.75. The van der Waals surface area contributed by atoms with E-state index in [1.807, 2.05) is 0 Å². The highest BCUT2D eigenvalue weighted by Crippen LogP contribution is 2.58. The highest BCUT2D eigenvalue weighted by atomic mass is 15.5. The van der Waals surface area contributed by atoms with Crippen LogP contribution in [0.4, 0.5) is 39.8 Å². The maximum absolute atomic E-state index is 5.83. The molecule has 2 aliphatic rings. The van der Waals surface area contributed by atoms with E-state index in [-0.39, 0.29) is 6.04 Å². The number of rotatable bonds is 11. The van der Waals surface area contributed by atoms with Gasteiger partial charge in [-0.15, -0.1) is 5.69 Å². The summed E-state index contributed by atoms with van der Waals surface area (Å²) in [6, 6.07) is 73.5. The van der Waals surface area contributed by atoms with E-state index in [2.05, 4.69) is 242 Å². The number of aromatic nitrogens is 2. The van der Waals surface area contributed by atoms with Gasteiger partial charge in [0.2, 0.25) is 0 Å². The van der Waals surface area contributed by atoms with Gasteiger partial charge in [-0.25, -0.2) is 9.97 Å². The van der Waals surface area contributed by atoms with Crippen LogP contribution in [0.15, 0.2) is 206 Å². The van der Waals surface area contributed by atoms with Gasteiger partial charge in [0, 0.05) is 62.2 Å². The molecule has 10 aromatic rings. The van der Waals surface area contributed by atoms with Gasteiger partial charge in [0.25, 0.3) is 0 Å². The number of anilines is 6. The summed E-state index contributed by atoms with van der Waals surface area (Å²) in [7, 11) is 0. The Morgan fingerprint density at radius 1 is 0.478 bits per heavy atom. The largest absolute Gasteiger partial charge is 0.619 e. The van der Waals surface area contributed by atoms with Crippen LogP contribution in [-0.2, 0) is 0 Å². The molecule has 0 spiro atoms. The number of fused-ring (bicyclic) bond motifs is 5. The molecule has 0 bridgehead atoms. The van der Waals surface area contributed by atoms with Crippen LogP contribution in [0.25, 0.3) is 72.0 Å². The van der Waals surface area contributed by atoms with Crippen molar-refractivity contribution in [1.82, 2.24) is 15.0 Å². The minimum Gasteiger partial charge on any atom is -0.619 e. The van der Waals surface area contributed by atoms with Crippen molar-refractivity contribution in [2.75, 3.05) is 16.3 Å². The van der Waals surface area contributed by atoms with Crippen molar-refractivity contribution in [3.8, 4) is 44.8 Å². The number of nitrogens with zero attached hydrogens (tertiary/aromatic N) is 6. The van der Waals surface area contributed by atoms with Gasteiger partial charge in [0.1, 0.15) is 0 Å². The van der Waals surface area contributed by atoms with Gasteiger partial charge in [-0.2, -0.15) is 0 Å². The molecule has 9 aromatic carbocycles. The van der Waals surface area contributed by atoms with E-state index in [0.717, 1.165) is 109 Å². The van der Waals surface area contributed by atoms with E-state index < -0.39 is 0 Å². The Hall–Kier alpha value is -8.06. The standard InChI is InChI=1S/C61H49N6/c1-4-52-56-54(42-31-35-48(36-32-42)66(44-21-9-5-10-22-44)45-23-11-6-12-24-45)60-61(63-58-51-30-18-20-41-19-17-29-50(53(41)51)57(58)62-60)55(59(56)64-65(52)39-40(2)3)43-33-37-49(38-34-43)67(46-25-13-7-14-26-46)47-27-15-8-16-28-47/h5-38,40,52H,4,39H2,1-3H3/q-1. The number of benzene rings is 9. The van der Waals surface area contributed by atoms with Crippen LogP contribution in [0.1, 0.15) is 38.8 Å². The summed E-state index contributed by atoms with van der Waals surface area (Å²) in [6.07, 6.45) is 0.889. The lowest BCUT2D eigenvalue weighted by molar-refractivity contribution is 0.249. The molecule has 324 valence electrons. The first kappa shape index (κ1) is 40.4. The number of hydrogen-bond acceptors (Lipinski definition) is 5. The molecule has 0 fully saturated rings. The van der Waals surface area contributed by atoms with Crippen LogP contribution in [0.2, 0.25) is 0 Å². The molecule has 0 radical (unpaired) electrons. The quantitative estimate of drug-likeness (QED) is 0.130. The monoisotopic (exact) mass is 865 g/mol. The fraction of sp³-hybridized carbons (Fsp3) is 0.115. The summed E-state index contributed by atoms with van der Waals surface area (Å²) in [5.74, 6) is 0.410. The van der Waals surface area contributed by atoms with Crippen molar-refractivity contribution in [2.45, 2.75) is 33.2 Å². The molecule has 1 aliphatic carbocycles. The molecule has 1 aliphatic heterocycles. The first-order chi connectivity index (χ1) is 33.0. The van der Waals surface area contributed by atoms with Crippen molar-refractivity contribution in [1.29, 1.82) is 0 Å². The summed E-state index contributed by atoms with van der Waals surface area (Å²) >= 11 is 0. The first-order valence-electron chi connectivity index (χ1n) is 23.5. The molecule has 0 N–H and O–H groups in total. The minimum atomic E-state index is 0.0435. The average molecular weight is 866 g/mol. The lowest BCUT2D eigenvalue weighted by Crippen LogP contribution is -2.23. The summed E-state index contributed by atoms with van der Waals surface area (Å²) < 4.78 is 0. The topological polar surface area (TPSA) is 49.6 Å². The van der Waals surface area contributed by atoms with Gasteiger partial charge < -0.3 is 20.2 Å². The Bertz CT molecular complexity index is 3330. The average Bonchev–Trinajstić information content (AvgIpc) is 3.89. The third kappa shape index (κ3) is 6.91. The second kappa shape index (κ2) is 16.7. The maximum atomic E-state index is 5.83. The van der Waals surface area contributed by atoms with E-state index in [0.29, 0.717) is 5.92 Å². The fourth-order valence-corrected chi connectivity index (χ4v) is 10.4. The Kier molecular flexibility index (Phi) is 10.1. The van der Waals surface area contributed by atoms with Crippen LogP contribution in [0, 0.1) is 5.92 Å². The summed E-state index contributed by atoms with van der Waals surface area (Å²) in [4.78, 5) is 16.2. The zero-order valence-electron chi connectivity index (χ0n) is 37.9. The molecule has 1 aromatic heterocycles. The van der Waals surface area contributed by atoms with Crippen LogP contribution in [0.5, 0.6) is 0 Å². The van der Waals surface area contributed by atoms with Gasteiger partial charge in [-0.1, -0.05) is 154 Å². The fourth-order valence-electron chi connectivity index (χ4n) is 10.4. The Labute approximate surface area is 392 Å². The zero-order valence-corrected chi connectivity index (χ0v) is 37.9. The van der Waals surface area contributed by atoms with E-state index in [4.69, 9.17) is 15.4 Å². The Morgan fingerprint density at radius 2 is 0.881 bits per heavy atom. The van der Waals surface area contributed by atoms with Gasteiger partial charge in [-0.3, -0.25) is 0 Å². The van der Waals surface area contributed by atoms with Gasteiger partial charge in [0.05, 0.1) is 22.4 Å². The summed E-state index contributed by atoms with van der Waals surface area (Å²) in [6.45, 7) is 7.69. The van der Waals surface area contributed by atoms with E-state index in [1.165, 1.54) is 16.3 Å².